The molecule has 4 aromatic rings. The summed E-state index contributed by atoms with van der Waals surface area (Å²) >= 11 is 0. The molecule has 4 rings (SSSR count). The van der Waals surface area contributed by atoms with E-state index in [1.54, 1.807) is 12.1 Å². The van der Waals surface area contributed by atoms with Crippen LogP contribution in [0.1, 0.15) is 42.5 Å². The van der Waals surface area contributed by atoms with Gasteiger partial charge in [0, 0.05) is 6.07 Å². The number of alkyl halides is 3. The largest absolute Gasteiger partial charge is 0.493 e. The number of halogens is 3. The molecule has 1 heterocycles. The summed E-state index contributed by atoms with van der Waals surface area (Å²) in [6, 6.07) is 12.5. The predicted octanol–water partition coefficient (Wildman–Crippen LogP) is 7.15. The van der Waals surface area contributed by atoms with Gasteiger partial charge < -0.3 is 28.1 Å². The number of esters is 1. The van der Waals surface area contributed by atoms with E-state index in [9.17, 15) is 22.8 Å². The van der Waals surface area contributed by atoms with Gasteiger partial charge in [-0.15, -0.1) is 0 Å². The summed E-state index contributed by atoms with van der Waals surface area (Å²) in [4.78, 5) is 26.0. The number of fused-ring (bicyclic) bond motifs is 1. The molecule has 8 nitrogen and oxygen atoms in total. The molecule has 0 fully saturated rings. The van der Waals surface area contributed by atoms with E-state index >= 15 is 0 Å². The Morgan fingerprint density at radius 2 is 1.37 bits per heavy atom. The van der Waals surface area contributed by atoms with Crippen LogP contribution in [0.5, 0.6) is 34.5 Å². The van der Waals surface area contributed by atoms with Gasteiger partial charge in [0.25, 0.3) is 5.76 Å². The normalized spacial score (nSPS) is 11.7. The monoisotopic (exact) mass is 572 g/mol. The number of carbonyl (C=O) groups is 1. The Kier molecular flexibility index (Phi) is 7.92. The SMILES string of the molecule is COc1cc(C(=O)Oc2ccc3c(=O)c(Oc4ccc(C(C)(C)C)cc4)c(C(F)(F)F)oc3c2)cc(OC)c1OC. The smallest absolute Gasteiger partial charge is 0.453 e. The standard InChI is InChI=1S/C30H27F3O8/c1-29(2,3)17-7-9-18(10-8-17)39-26-24(34)20-12-11-19(15-21(20)41-27(26)30(31,32)33)40-28(35)16-13-22(36-4)25(38-6)23(14-16)37-5/h7-15H,1-6H3. The van der Waals surface area contributed by atoms with Crippen molar-refractivity contribution in [1.82, 2.24) is 0 Å². The van der Waals surface area contributed by atoms with Crippen molar-refractivity contribution in [1.29, 1.82) is 0 Å². The second-order valence-electron chi connectivity index (χ2n) is 9.93. The summed E-state index contributed by atoms with van der Waals surface area (Å²) in [7, 11) is 4.14. The Bertz CT molecular complexity index is 1620. The van der Waals surface area contributed by atoms with Crippen LogP contribution in [-0.4, -0.2) is 27.3 Å². The van der Waals surface area contributed by atoms with Crippen molar-refractivity contribution in [2.75, 3.05) is 21.3 Å². The number of hydrogen-bond donors (Lipinski definition) is 0. The van der Waals surface area contributed by atoms with Crippen molar-refractivity contribution in [3.63, 3.8) is 0 Å². The van der Waals surface area contributed by atoms with E-state index in [2.05, 4.69) is 0 Å². The highest BCUT2D eigenvalue weighted by Gasteiger charge is 2.40. The lowest BCUT2D eigenvalue weighted by atomic mass is 9.87. The zero-order valence-corrected chi connectivity index (χ0v) is 23.1. The van der Waals surface area contributed by atoms with E-state index in [-0.39, 0.29) is 45.1 Å². The zero-order valence-electron chi connectivity index (χ0n) is 23.1. The fraction of sp³-hybridized carbons (Fsp3) is 0.267. The molecule has 216 valence electrons. The van der Waals surface area contributed by atoms with Crippen molar-refractivity contribution in [3.05, 3.63) is 81.7 Å². The summed E-state index contributed by atoms with van der Waals surface area (Å²) in [5.41, 5.74) is -0.739. The Hall–Kier alpha value is -4.67. The average Bonchev–Trinajstić information content (AvgIpc) is 2.92. The molecule has 0 aliphatic heterocycles. The van der Waals surface area contributed by atoms with Crippen molar-refractivity contribution in [3.8, 4) is 34.5 Å². The predicted molar refractivity (Wildman–Crippen MR) is 144 cm³/mol. The van der Waals surface area contributed by atoms with E-state index in [0.29, 0.717) is 0 Å². The summed E-state index contributed by atoms with van der Waals surface area (Å²) in [5, 5.41) is -0.202. The molecular formula is C30H27F3O8. The van der Waals surface area contributed by atoms with Crippen LogP contribution < -0.4 is 29.1 Å². The number of methoxy groups -OCH3 is 3. The molecule has 0 unspecified atom stereocenters. The van der Waals surface area contributed by atoms with Gasteiger partial charge >= 0.3 is 12.1 Å². The molecule has 0 radical (unpaired) electrons. The molecule has 11 heteroatoms. The number of ether oxygens (including phenoxy) is 5. The van der Waals surface area contributed by atoms with Crippen LogP contribution in [-0.2, 0) is 11.6 Å². The highest BCUT2D eigenvalue weighted by molar-refractivity contribution is 5.93. The third-order valence-corrected chi connectivity index (χ3v) is 6.13. The van der Waals surface area contributed by atoms with Gasteiger partial charge in [0.15, 0.2) is 11.5 Å². The second kappa shape index (κ2) is 11.1. The van der Waals surface area contributed by atoms with Gasteiger partial charge in [-0.05, 0) is 47.4 Å². The maximum Gasteiger partial charge on any atom is 0.453 e. The number of rotatable bonds is 7. The van der Waals surface area contributed by atoms with Gasteiger partial charge in [0.1, 0.15) is 17.1 Å². The van der Waals surface area contributed by atoms with Crippen LogP contribution in [0.2, 0.25) is 0 Å². The van der Waals surface area contributed by atoms with Crippen LogP contribution in [0, 0.1) is 0 Å². The lowest BCUT2D eigenvalue weighted by molar-refractivity contribution is -0.154. The van der Waals surface area contributed by atoms with E-state index < -0.39 is 34.7 Å². The van der Waals surface area contributed by atoms with Crippen molar-refractivity contribution >= 4 is 16.9 Å². The summed E-state index contributed by atoms with van der Waals surface area (Å²) in [5.74, 6) is -3.00. The topological polar surface area (TPSA) is 93.4 Å². The van der Waals surface area contributed by atoms with Gasteiger partial charge in [0.05, 0.1) is 32.3 Å². The molecule has 0 saturated carbocycles. The number of benzene rings is 3. The van der Waals surface area contributed by atoms with Gasteiger partial charge in [-0.25, -0.2) is 4.79 Å². The minimum atomic E-state index is -5.06. The molecule has 1 aromatic heterocycles. The van der Waals surface area contributed by atoms with Crippen molar-refractivity contribution < 1.29 is 46.1 Å². The molecule has 0 saturated heterocycles. The van der Waals surface area contributed by atoms with Crippen molar-refractivity contribution in [2.45, 2.75) is 32.4 Å². The van der Waals surface area contributed by atoms with Crippen LogP contribution in [0.3, 0.4) is 0 Å². The average molecular weight is 573 g/mol. The van der Waals surface area contributed by atoms with E-state index in [1.165, 1.54) is 57.7 Å². The minimum absolute atomic E-state index is 0.0123. The molecule has 0 bridgehead atoms. The summed E-state index contributed by atoms with van der Waals surface area (Å²) in [6.45, 7) is 5.95. The van der Waals surface area contributed by atoms with Crippen LogP contribution in [0.4, 0.5) is 13.2 Å². The fourth-order valence-electron chi connectivity index (χ4n) is 4.00. The van der Waals surface area contributed by atoms with E-state index in [1.807, 2.05) is 20.8 Å². The fourth-order valence-corrected chi connectivity index (χ4v) is 4.00. The van der Waals surface area contributed by atoms with E-state index in [4.69, 9.17) is 28.1 Å². The summed E-state index contributed by atoms with van der Waals surface area (Å²) in [6.07, 6.45) is -5.06. The first-order valence-corrected chi connectivity index (χ1v) is 12.3. The van der Waals surface area contributed by atoms with Gasteiger partial charge in [-0.3, -0.25) is 4.79 Å². The van der Waals surface area contributed by atoms with Crippen molar-refractivity contribution in [2.24, 2.45) is 0 Å². The molecule has 3 aromatic carbocycles. The molecule has 0 amide bonds. The van der Waals surface area contributed by atoms with Crippen LogP contribution >= 0.6 is 0 Å². The van der Waals surface area contributed by atoms with Crippen LogP contribution in [0.25, 0.3) is 11.0 Å². The number of carbonyl (C=O) groups excluding carboxylic acids is 1. The van der Waals surface area contributed by atoms with Gasteiger partial charge in [-0.2, -0.15) is 13.2 Å². The first-order valence-electron chi connectivity index (χ1n) is 12.3. The Morgan fingerprint density at radius 1 is 0.780 bits per heavy atom. The van der Waals surface area contributed by atoms with Gasteiger partial charge in [0.2, 0.25) is 16.9 Å². The maximum absolute atomic E-state index is 14.0. The van der Waals surface area contributed by atoms with Crippen LogP contribution in [0.15, 0.2) is 63.8 Å². The minimum Gasteiger partial charge on any atom is -0.493 e. The molecule has 0 aliphatic carbocycles. The third kappa shape index (κ3) is 6.08. The molecular weight excluding hydrogens is 545 g/mol. The van der Waals surface area contributed by atoms with Gasteiger partial charge in [-0.1, -0.05) is 32.9 Å². The molecule has 0 spiro atoms. The first kappa shape index (κ1) is 29.3. The molecule has 0 aliphatic rings. The maximum atomic E-state index is 14.0. The first-order chi connectivity index (χ1) is 19.3. The molecule has 0 atom stereocenters. The quantitative estimate of drug-likeness (QED) is 0.170. The Labute approximate surface area is 233 Å². The Morgan fingerprint density at radius 3 is 1.88 bits per heavy atom. The molecule has 0 N–H and O–H groups in total. The highest BCUT2D eigenvalue weighted by Crippen LogP contribution is 2.40. The third-order valence-electron chi connectivity index (χ3n) is 6.13. The summed E-state index contributed by atoms with van der Waals surface area (Å²) < 4.78 is 73.5. The second-order valence-corrected chi connectivity index (χ2v) is 9.93. The number of hydrogen-bond acceptors (Lipinski definition) is 8. The molecule has 41 heavy (non-hydrogen) atoms. The highest BCUT2D eigenvalue weighted by atomic mass is 19.4. The van der Waals surface area contributed by atoms with E-state index in [0.717, 1.165) is 11.6 Å². The Balaban J connectivity index is 1.71. The lowest BCUT2D eigenvalue weighted by Gasteiger charge is -2.19. The zero-order chi connectivity index (χ0) is 30.1. The lowest BCUT2D eigenvalue weighted by Crippen LogP contribution is -2.16.